The van der Waals surface area contributed by atoms with Crippen molar-refractivity contribution in [2.45, 2.75) is 31.9 Å². The minimum Gasteiger partial charge on any atom is -0.503 e. The highest BCUT2D eigenvalue weighted by molar-refractivity contribution is 5.97. The van der Waals surface area contributed by atoms with Gasteiger partial charge in [-0.2, -0.15) is 0 Å². The fourth-order valence-corrected chi connectivity index (χ4v) is 3.57. The normalized spacial score (nSPS) is 13.4. The second kappa shape index (κ2) is 10.9. The van der Waals surface area contributed by atoms with Crippen molar-refractivity contribution >= 4 is 11.9 Å². The predicted octanol–water partition coefficient (Wildman–Crippen LogP) is 4.10. The number of pyridine rings is 1. The third kappa shape index (κ3) is 5.89. The number of benzene rings is 2. The lowest BCUT2D eigenvalue weighted by Gasteiger charge is -2.27. The van der Waals surface area contributed by atoms with E-state index in [-0.39, 0.29) is 17.0 Å². The Morgan fingerprint density at radius 1 is 1.00 bits per heavy atom. The van der Waals surface area contributed by atoms with Crippen LogP contribution in [-0.2, 0) is 9.53 Å². The Balaban J connectivity index is 1.80. The number of hydrogen-bond acceptors (Lipinski definition) is 6. The number of methoxy groups -OCH3 is 1. The molecule has 0 radical (unpaired) electrons. The van der Waals surface area contributed by atoms with Gasteiger partial charge in [0.05, 0.1) is 7.11 Å². The molecule has 2 N–H and O–H groups in total. The summed E-state index contributed by atoms with van der Waals surface area (Å²) in [4.78, 5) is 29.0. The van der Waals surface area contributed by atoms with Crippen molar-refractivity contribution in [2.24, 2.45) is 0 Å². The SMILES string of the molecule is COc1ccnc(C(=O)N[C@@H](C)C(=O)O[C@@H](C)[C@@H](c2ccc(F)cc2)c2ccc(F)cc2F)c1O. The molecule has 0 aliphatic heterocycles. The maximum Gasteiger partial charge on any atom is 0.328 e. The number of carbonyl (C=O) groups is 2. The lowest BCUT2D eigenvalue weighted by Crippen LogP contribution is -2.41. The summed E-state index contributed by atoms with van der Waals surface area (Å²) in [6, 6.07) is 8.36. The van der Waals surface area contributed by atoms with Crippen LogP contribution >= 0.6 is 0 Å². The molecule has 0 unspecified atom stereocenters. The van der Waals surface area contributed by atoms with Crippen LogP contribution in [0.3, 0.4) is 0 Å². The molecule has 184 valence electrons. The summed E-state index contributed by atoms with van der Waals surface area (Å²) < 4.78 is 52.0. The summed E-state index contributed by atoms with van der Waals surface area (Å²) in [7, 11) is 1.31. The van der Waals surface area contributed by atoms with Gasteiger partial charge in [0.25, 0.3) is 5.91 Å². The number of nitrogens with one attached hydrogen (secondary N) is 1. The van der Waals surface area contributed by atoms with Gasteiger partial charge in [0.1, 0.15) is 29.6 Å². The summed E-state index contributed by atoms with van der Waals surface area (Å²) in [5.74, 6) is -5.22. The van der Waals surface area contributed by atoms with Gasteiger partial charge < -0.3 is 19.9 Å². The van der Waals surface area contributed by atoms with Crippen molar-refractivity contribution in [1.82, 2.24) is 10.3 Å². The zero-order valence-corrected chi connectivity index (χ0v) is 19.1. The Morgan fingerprint density at radius 3 is 2.29 bits per heavy atom. The topological polar surface area (TPSA) is 97.8 Å². The van der Waals surface area contributed by atoms with E-state index in [0.29, 0.717) is 11.6 Å². The first-order valence-corrected chi connectivity index (χ1v) is 10.6. The molecule has 1 aromatic heterocycles. The van der Waals surface area contributed by atoms with E-state index in [2.05, 4.69) is 10.3 Å². The van der Waals surface area contributed by atoms with Gasteiger partial charge in [-0.15, -0.1) is 0 Å². The molecule has 3 aromatic rings. The number of nitrogens with zero attached hydrogens (tertiary/aromatic N) is 1. The maximum absolute atomic E-state index is 14.6. The molecule has 0 saturated heterocycles. The number of halogens is 3. The lowest BCUT2D eigenvalue weighted by atomic mass is 9.86. The van der Waals surface area contributed by atoms with E-state index in [9.17, 15) is 27.9 Å². The molecule has 0 fully saturated rings. The van der Waals surface area contributed by atoms with Gasteiger partial charge in [-0.3, -0.25) is 4.79 Å². The first kappa shape index (κ1) is 25.5. The molecule has 0 spiro atoms. The third-order valence-corrected chi connectivity index (χ3v) is 5.32. The van der Waals surface area contributed by atoms with Gasteiger partial charge in [-0.1, -0.05) is 18.2 Å². The molecule has 35 heavy (non-hydrogen) atoms. The second-order valence-electron chi connectivity index (χ2n) is 7.74. The van der Waals surface area contributed by atoms with Gasteiger partial charge in [0.15, 0.2) is 17.2 Å². The van der Waals surface area contributed by atoms with E-state index in [0.717, 1.165) is 6.07 Å². The largest absolute Gasteiger partial charge is 0.503 e. The summed E-state index contributed by atoms with van der Waals surface area (Å²) in [5.41, 5.74) is 0.120. The van der Waals surface area contributed by atoms with E-state index in [1.54, 1.807) is 0 Å². The van der Waals surface area contributed by atoms with Gasteiger partial charge in [0.2, 0.25) is 0 Å². The molecule has 1 amide bonds. The molecule has 0 aliphatic carbocycles. The molecule has 0 aliphatic rings. The van der Waals surface area contributed by atoms with E-state index >= 15 is 0 Å². The number of esters is 1. The molecular weight excluding hydrogens is 465 g/mol. The smallest absolute Gasteiger partial charge is 0.328 e. The van der Waals surface area contributed by atoms with Crippen LogP contribution < -0.4 is 10.1 Å². The van der Waals surface area contributed by atoms with Gasteiger partial charge >= 0.3 is 5.97 Å². The Bertz CT molecular complexity index is 1220. The van der Waals surface area contributed by atoms with Crippen LogP contribution in [0.2, 0.25) is 0 Å². The molecular formula is C25H23F3N2O5. The van der Waals surface area contributed by atoms with Crippen molar-refractivity contribution in [2.75, 3.05) is 7.11 Å². The van der Waals surface area contributed by atoms with Crippen molar-refractivity contribution in [3.8, 4) is 11.5 Å². The zero-order valence-electron chi connectivity index (χ0n) is 19.1. The monoisotopic (exact) mass is 488 g/mol. The Kier molecular flexibility index (Phi) is 7.95. The highest BCUT2D eigenvalue weighted by atomic mass is 19.1. The molecule has 7 nitrogen and oxygen atoms in total. The van der Waals surface area contributed by atoms with E-state index < -0.39 is 53.1 Å². The number of carbonyl (C=O) groups excluding carboxylic acids is 2. The number of rotatable bonds is 8. The van der Waals surface area contributed by atoms with Crippen LogP contribution in [0, 0.1) is 17.5 Å². The number of ether oxygens (including phenoxy) is 2. The number of aromatic nitrogens is 1. The summed E-state index contributed by atoms with van der Waals surface area (Å²) in [6.07, 6.45) is 0.263. The molecule has 0 bridgehead atoms. The molecule has 2 aromatic carbocycles. The van der Waals surface area contributed by atoms with Crippen molar-refractivity contribution in [3.63, 3.8) is 0 Å². The molecule has 10 heteroatoms. The number of amides is 1. The molecule has 1 heterocycles. The summed E-state index contributed by atoms with van der Waals surface area (Å²) >= 11 is 0. The minimum atomic E-state index is -1.18. The Labute approximate surface area is 199 Å². The van der Waals surface area contributed by atoms with Crippen molar-refractivity contribution in [3.05, 3.63) is 89.0 Å². The highest BCUT2D eigenvalue weighted by Gasteiger charge is 2.30. The molecule has 0 saturated carbocycles. The van der Waals surface area contributed by atoms with Crippen LogP contribution in [0.1, 0.15) is 41.4 Å². The van der Waals surface area contributed by atoms with Gasteiger partial charge in [-0.25, -0.2) is 22.9 Å². The van der Waals surface area contributed by atoms with Crippen LogP contribution in [0.4, 0.5) is 13.2 Å². The van der Waals surface area contributed by atoms with Crippen molar-refractivity contribution < 1.29 is 37.3 Å². The molecule has 3 atom stereocenters. The first-order chi connectivity index (χ1) is 16.6. The fourth-order valence-electron chi connectivity index (χ4n) is 3.57. The van der Waals surface area contributed by atoms with E-state index in [4.69, 9.17) is 9.47 Å². The van der Waals surface area contributed by atoms with Crippen LogP contribution in [-0.4, -0.2) is 41.2 Å². The van der Waals surface area contributed by atoms with Crippen LogP contribution in [0.5, 0.6) is 11.5 Å². The average Bonchev–Trinajstić information content (AvgIpc) is 2.81. The van der Waals surface area contributed by atoms with Gasteiger partial charge in [-0.05, 0) is 43.2 Å². The zero-order chi connectivity index (χ0) is 25.7. The average molecular weight is 488 g/mol. The standard InChI is InChI=1S/C25H23F3N2O5/c1-13(30-24(32)22-23(31)20(34-3)10-11-29-22)25(33)35-14(2)21(15-4-6-16(26)7-5-15)18-9-8-17(27)12-19(18)28/h4-14,21,31H,1-3H3,(H,30,32)/t13-,14-,21-/m0/s1. The Hall–Kier alpha value is -4.08. The molecule has 3 rings (SSSR count). The second-order valence-corrected chi connectivity index (χ2v) is 7.74. The van der Waals surface area contributed by atoms with Crippen LogP contribution in [0.25, 0.3) is 0 Å². The summed E-state index contributed by atoms with van der Waals surface area (Å²) in [5, 5.41) is 12.5. The minimum absolute atomic E-state index is 0.0254. The Morgan fingerprint density at radius 2 is 1.66 bits per heavy atom. The lowest BCUT2D eigenvalue weighted by molar-refractivity contribution is -0.150. The first-order valence-electron chi connectivity index (χ1n) is 10.6. The predicted molar refractivity (Wildman–Crippen MR) is 120 cm³/mol. The third-order valence-electron chi connectivity index (χ3n) is 5.32. The highest BCUT2D eigenvalue weighted by Crippen LogP contribution is 2.32. The van der Waals surface area contributed by atoms with Crippen LogP contribution in [0.15, 0.2) is 54.7 Å². The fraction of sp³-hybridized carbons (Fsp3) is 0.240. The van der Waals surface area contributed by atoms with Crippen molar-refractivity contribution in [1.29, 1.82) is 0 Å². The quantitative estimate of drug-likeness (QED) is 0.464. The van der Waals surface area contributed by atoms with Gasteiger partial charge in [0, 0.05) is 24.2 Å². The maximum atomic E-state index is 14.6. The van der Waals surface area contributed by atoms with E-state index in [1.165, 1.54) is 63.6 Å². The number of aromatic hydroxyl groups is 1. The van der Waals surface area contributed by atoms with E-state index in [1.807, 2.05) is 0 Å². The summed E-state index contributed by atoms with van der Waals surface area (Å²) in [6.45, 7) is 2.86. The number of hydrogen-bond donors (Lipinski definition) is 2.